The van der Waals surface area contributed by atoms with Gasteiger partial charge in [-0.2, -0.15) is 0 Å². The van der Waals surface area contributed by atoms with Crippen molar-refractivity contribution in [2.24, 2.45) is 0 Å². The first-order valence-corrected chi connectivity index (χ1v) is 8.32. The van der Waals surface area contributed by atoms with Crippen LogP contribution in [0.1, 0.15) is 12.5 Å². The van der Waals surface area contributed by atoms with Crippen molar-refractivity contribution in [3.8, 4) is 23.8 Å². The molecular formula is C18H17BrClNO2. The minimum Gasteiger partial charge on any atom is -0.490 e. The second-order valence-corrected chi connectivity index (χ2v) is 5.93. The molecule has 0 saturated heterocycles. The summed E-state index contributed by atoms with van der Waals surface area (Å²) in [7, 11) is 0. The molecule has 5 heteroatoms. The number of para-hydroxylation sites is 1. The van der Waals surface area contributed by atoms with Gasteiger partial charge in [0, 0.05) is 6.54 Å². The molecule has 0 unspecified atom stereocenters. The minimum absolute atomic E-state index is 0.190. The fourth-order valence-electron chi connectivity index (χ4n) is 2.04. The highest BCUT2D eigenvalue weighted by Crippen LogP contribution is 2.37. The van der Waals surface area contributed by atoms with E-state index in [1.165, 1.54) is 0 Å². The van der Waals surface area contributed by atoms with E-state index in [0.29, 0.717) is 29.7 Å². The molecule has 0 bridgehead atoms. The maximum Gasteiger partial charge on any atom is 0.176 e. The van der Waals surface area contributed by atoms with E-state index in [1.54, 1.807) is 0 Å². The van der Waals surface area contributed by atoms with Crippen molar-refractivity contribution in [1.82, 2.24) is 0 Å². The smallest absolute Gasteiger partial charge is 0.176 e. The van der Waals surface area contributed by atoms with Gasteiger partial charge in [-0.05, 0) is 52.7 Å². The van der Waals surface area contributed by atoms with E-state index in [1.807, 2.05) is 43.3 Å². The van der Waals surface area contributed by atoms with Gasteiger partial charge < -0.3 is 14.8 Å². The molecule has 23 heavy (non-hydrogen) atoms. The molecule has 2 aromatic carbocycles. The molecule has 0 aliphatic heterocycles. The Hall–Kier alpha value is -1.83. The van der Waals surface area contributed by atoms with Gasteiger partial charge in [0.15, 0.2) is 11.5 Å². The van der Waals surface area contributed by atoms with Gasteiger partial charge in [-0.3, -0.25) is 0 Å². The molecule has 0 fully saturated rings. The highest BCUT2D eigenvalue weighted by molar-refractivity contribution is 9.10. The first-order chi connectivity index (χ1) is 11.2. The number of anilines is 1. The van der Waals surface area contributed by atoms with Crippen molar-refractivity contribution >= 4 is 33.2 Å². The fourth-order valence-corrected chi connectivity index (χ4v) is 2.85. The highest BCUT2D eigenvalue weighted by Gasteiger charge is 2.12. The summed E-state index contributed by atoms with van der Waals surface area (Å²) in [6, 6.07) is 11.5. The van der Waals surface area contributed by atoms with E-state index in [0.717, 1.165) is 15.7 Å². The normalized spacial score (nSPS) is 10.0. The van der Waals surface area contributed by atoms with Gasteiger partial charge in [-0.25, -0.2) is 0 Å². The van der Waals surface area contributed by atoms with Crippen LogP contribution in [-0.2, 0) is 6.54 Å². The number of hydrogen-bond donors (Lipinski definition) is 1. The lowest BCUT2D eigenvalue weighted by atomic mass is 10.2. The van der Waals surface area contributed by atoms with Gasteiger partial charge in [0.05, 0.1) is 21.8 Å². The van der Waals surface area contributed by atoms with Crippen molar-refractivity contribution < 1.29 is 9.47 Å². The Labute approximate surface area is 150 Å². The van der Waals surface area contributed by atoms with Gasteiger partial charge in [0.2, 0.25) is 0 Å². The quantitative estimate of drug-likeness (QED) is 0.661. The molecule has 0 aliphatic rings. The molecule has 0 spiro atoms. The summed E-state index contributed by atoms with van der Waals surface area (Å²) in [6.07, 6.45) is 5.25. The predicted octanol–water partition coefficient (Wildman–Crippen LogP) is 5.13. The Morgan fingerprint density at radius 1 is 1.26 bits per heavy atom. The Morgan fingerprint density at radius 3 is 2.74 bits per heavy atom. The van der Waals surface area contributed by atoms with Crippen LogP contribution in [0.2, 0.25) is 5.02 Å². The van der Waals surface area contributed by atoms with E-state index >= 15 is 0 Å². The third-order valence-electron chi connectivity index (χ3n) is 3.03. The van der Waals surface area contributed by atoms with E-state index in [-0.39, 0.29) is 6.61 Å². The molecule has 120 valence electrons. The summed E-state index contributed by atoms with van der Waals surface area (Å²) in [5, 5.41) is 3.99. The van der Waals surface area contributed by atoms with Crippen molar-refractivity contribution in [3.63, 3.8) is 0 Å². The summed E-state index contributed by atoms with van der Waals surface area (Å²) in [6.45, 7) is 3.27. The van der Waals surface area contributed by atoms with Gasteiger partial charge in [0.1, 0.15) is 6.61 Å². The number of rotatable bonds is 7. The van der Waals surface area contributed by atoms with Crippen LogP contribution in [0.3, 0.4) is 0 Å². The molecule has 0 saturated carbocycles. The van der Waals surface area contributed by atoms with Crippen LogP contribution in [0.5, 0.6) is 11.5 Å². The Bertz CT molecular complexity index is 713. The van der Waals surface area contributed by atoms with Crippen LogP contribution < -0.4 is 14.8 Å². The van der Waals surface area contributed by atoms with Gasteiger partial charge in [-0.1, -0.05) is 29.7 Å². The highest BCUT2D eigenvalue weighted by atomic mass is 79.9. The van der Waals surface area contributed by atoms with Crippen LogP contribution in [-0.4, -0.2) is 13.2 Å². The molecule has 0 aliphatic carbocycles. The van der Waals surface area contributed by atoms with E-state index < -0.39 is 0 Å². The second-order valence-electron chi connectivity index (χ2n) is 4.66. The third kappa shape index (κ3) is 4.82. The van der Waals surface area contributed by atoms with Crippen LogP contribution in [0.4, 0.5) is 5.69 Å². The van der Waals surface area contributed by atoms with Crippen LogP contribution in [0.25, 0.3) is 0 Å². The SMILES string of the molecule is C#CCOc1c(Br)cc(CNc2ccccc2Cl)cc1OCC. The molecule has 2 aromatic rings. The molecule has 3 nitrogen and oxygen atoms in total. The first kappa shape index (κ1) is 17.5. The average molecular weight is 395 g/mol. The van der Waals surface area contributed by atoms with Crippen LogP contribution in [0, 0.1) is 12.3 Å². The molecular weight excluding hydrogens is 378 g/mol. The van der Waals surface area contributed by atoms with E-state index in [2.05, 4.69) is 27.2 Å². The molecule has 0 atom stereocenters. The monoisotopic (exact) mass is 393 g/mol. The number of halogens is 2. The summed E-state index contributed by atoms with van der Waals surface area (Å²) < 4.78 is 12.0. The molecule has 0 radical (unpaired) electrons. The predicted molar refractivity (Wildman–Crippen MR) is 98.4 cm³/mol. The lowest BCUT2D eigenvalue weighted by Crippen LogP contribution is -2.04. The summed E-state index contributed by atoms with van der Waals surface area (Å²) in [5.41, 5.74) is 1.92. The van der Waals surface area contributed by atoms with Crippen molar-refractivity contribution in [3.05, 3.63) is 51.5 Å². The lowest BCUT2D eigenvalue weighted by molar-refractivity contribution is 0.297. The molecule has 1 N–H and O–H groups in total. The number of terminal acetylenes is 1. The maximum atomic E-state index is 6.15. The maximum absolute atomic E-state index is 6.15. The molecule has 2 rings (SSSR count). The van der Waals surface area contributed by atoms with Crippen LogP contribution >= 0.6 is 27.5 Å². The second kappa shape index (κ2) is 8.71. The number of benzene rings is 2. The van der Waals surface area contributed by atoms with Crippen molar-refractivity contribution in [2.45, 2.75) is 13.5 Å². The molecule has 0 aromatic heterocycles. The van der Waals surface area contributed by atoms with Crippen LogP contribution in [0.15, 0.2) is 40.9 Å². The Kier molecular flexibility index (Phi) is 6.64. The zero-order chi connectivity index (χ0) is 16.7. The van der Waals surface area contributed by atoms with E-state index in [9.17, 15) is 0 Å². The zero-order valence-corrected chi connectivity index (χ0v) is 15.1. The van der Waals surface area contributed by atoms with Gasteiger partial charge in [0.25, 0.3) is 0 Å². The summed E-state index contributed by atoms with van der Waals surface area (Å²) in [4.78, 5) is 0. The number of nitrogens with one attached hydrogen (secondary N) is 1. The molecule has 0 heterocycles. The summed E-state index contributed by atoms with van der Waals surface area (Å²) >= 11 is 9.66. The lowest BCUT2D eigenvalue weighted by Gasteiger charge is -2.15. The fraction of sp³-hybridized carbons (Fsp3) is 0.222. The van der Waals surface area contributed by atoms with Crippen molar-refractivity contribution in [1.29, 1.82) is 0 Å². The summed E-state index contributed by atoms with van der Waals surface area (Å²) in [5.74, 6) is 3.73. The van der Waals surface area contributed by atoms with E-state index in [4.69, 9.17) is 27.5 Å². The Balaban J connectivity index is 2.19. The largest absolute Gasteiger partial charge is 0.490 e. The zero-order valence-electron chi connectivity index (χ0n) is 12.7. The number of ether oxygens (including phenoxy) is 2. The topological polar surface area (TPSA) is 30.5 Å². The van der Waals surface area contributed by atoms with Crippen molar-refractivity contribution in [2.75, 3.05) is 18.5 Å². The first-order valence-electron chi connectivity index (χ1n) is 7.15. The van der Waals surface area contributed by atoms with Gasteiger partial charge in [-0.15, -0.1) is 6.42 Å². The Morgan fingerprint density at radius 2 is 2.04 bits per heavy atom. The van der Waals surface area contributed by atoms with Gasteiger partial charge >= 0.3 is 0 Å². The number of hydrogen-bond acceptors (Lipinski definition) is 3. The molecule has 0 amide bonds. The third-order valence-corrected chi connectivity index (χ3v) is 3.94. The average Bonchev–Trinajstić information content (AvgIpc) is 2.54. The minimum atomic E-state index is 0.190. The standard InChI is InChI=1S/C18H17BrClNO2/c1-3-9-23-18-14(19)10-13(11-17(18)22-4-2)12-21-16-8-6-5-7-15(16)20/h1,5-8,10-11,21H,4,9,12H2,2H3.